The molecule has 3 rings (SSSR count). The van der Waals surface area contributed by atoms with Gasteiger partial charge in [0.1, 0.15) is 17.3 Å². The first-order chi connectivity index (χ1) is 12.9. The highest BCUT2D eigenvalue weighted by atomic mass is 32.2. The van der Waals surface area contributed by atoms with Crippen molar-refractivity contribution in [1.29, 1.82) is 0 Å². The Kier molecular flexibility index (Phi) is 5.38. The Balaban J connectivity index is 1.76. The van der Waals surface area contributed by atoms with E-state index in [0.717, 1.165) is 12.1 Å². The van der Waals surface area contributed by atoms with Crippen LogP contribution >= 0.6 is 0 Å². The van der Waals surface area contributed by atoms with Gasteiger partial charge in [0.15, 0.2) is 0 Å². The molecule has 0 unspecified atom stereocenters. The van der Waals surface area contributed by atoms with Gasteiger partial charge in [-0.15, -0.1) is 0 Å². The van der Waals surface area contributed by atoms with Crippen LogP contribution in [0, 0.1) is 5.82 Å². The number of ether oxygens (including phenoxy) is 2. The van der Waals surface area contributed by atoms with Gasteiger partial charge in [-0.05, 0) is 36.4 Å². The summed E-state index contributed by atoms with van der Waals surface area (Å²) in [5.74, 6) is 0.864. The summed E-state index contributed by atoms with van der Waals surface area (Å²) in [7, 11) is -0.806. The van der Waals surface area contributed by atoms with Crippen molar-refractivity contribution >= 4 is 10.0 Å². The Morgan fingerprint density at radius 2 is 1.85 bits per heavy atom. The van der Waals surface area contributed by atoms with Gasteiger partial charge in [0.25, 0.3) is 0 Å². The molecular weight excluding hydrogens is 377 g/mol. The third-order valence-electron chi connectivity index (χ3n) is 3.66. The Morgan fingerprint density at radius 3 is 2.52 bits per heavy atom. The van der Waals surface area contributed by atoms with Crippen molar-refractivity contribution in [3.05, 3.63) is 54.2 Å². The fourth-order valence-corrected chi connectivity index (χ4v) is 3.25. The molecule has 0 aliphatic carbocycles. The van der Waals surface area contributed by atoms with Crippen molar-refractivity contribution in [1.82, 2.24) is 14.9 Å². The molecule has 0 fully saturated rings. The highest BCUT2D eigenvalue weighted by Crippen LogP contribution is 2.31. The summed E-state index contributed by atoms with van der Waals surface area (Å²) < 4.78 is 55.2. The van der Waals surface area contributed by atoms with Gasteiger partial charge in [0.05, 0.1) is 31.2 Å². The van der Waals surface area contributed by atoms with E-state index in [1.54, 1.807) is 18.2 Å². The van der Waals surface area contributed by atoms with Crippen LogP contribution in [0.25, 0.3) is 11.4 Å². The smallest absolute Gasteiger partial charge is 0.242 e. The van der Waals surface area contributed by atoms with E-state index in [2.05, 4.69) is 14.9 Å². The molecule has 1 N–H and O–H groups in total. The van der Waals surface area contributed by atoms with Crippen LogP contribution < -0.4 is 14.2 Å². The van der Waals surface area contributed by atoms with Crippen LogP contribution in [-0.2, 0) is 16.6 Å². The van der Waals surface area contributed by atoms with Gasteiger partial charge in [0, 0.05) is 6.07 Å². The van der Waals surface area contributed by atoms with Crippen molar-refractivity contribution in [2.75, 3.05) is 14.2 Å². The first-order valence-corrected chi connectivity index (χ1v) is 9.21. The van der Waals surface area contributed by atoms with Gasteiger partial charge in [-0.3, -0.25) is 0 Å². The second-order valence-electron chi connectivity index (χ2n) is 5.36. The monoisotopic (exact) mass is 393 g/mol. The molecule has 0 aliphatic rings. The quantitative estimate of drug-likeness (QED) is 0.657. The molecule has 0 bridgehead atoms. The lowest BCUT2D eigenvalue weighted by Gasteiger charge is -2.07. The van der Waals surface area contributed by atoms with Crippen LogP contribution in [0.2, 0.25) is 0 Å². The van der Waals surface area contributed by atoms with E-state index in [4.69, 9.17) is 14.0 Å². The first kappa shape index (κ1) is 18.8. The zero-order chi connectivity index (χ0) is 19.4. The Morgan fingerprint density at radius 1 is 1.11 bits per heavy atom. The topological polar surface area (TPSA) is 104 Å². The second-order valence-corrected chi connectivity index (χ2v) is 7.12. The fourth-order valence-electron chi connectivity index (χ4n) is 2.27. The third-order valence-corrected chi connectivity index (χ3v) is 5.07. The number of nitrogens with one attached hydrogen (secondary N) is 1. The summed E-state index contributed by atoms with van der Waals surface area (Å²) in [6, 6.07) is 9.55. The van der Waals surface area contributed by atoms with Crippen LogP contribution in [0.4, 0.5) is 4.39 Å². The number of benzene rings is 2. The van der Waals surface area contributed by atoms with E-state index in [-0.39, 0.29) is 23.2 Å². The number of aromatic nitrogens is 2. The highest BCUT2D eigenvalue weighted by molar-refractivity contribution is 7.89. The van der Waals surface area contributed by atoms with Crippen molar-refractivity contribution in [3.63, 3.8) is 0 Å². The molecule has 10 heteroatoms. The van der Waals surface area contributed by atoms with Crippen molar-refractivity contribution in [2.24, 2.45) is 0 Å². The summed E-state index contributed by atoms with van der Waals surface area (Å²) in [5, 5.41) is 3.84. The van der Waals surface area contributed by atoms with Gasteiger partial charge < -0.3 is 14.0 Å². The molecule has 0 spiro atoms. The molecule has 142 valence electrons. The summed E-state index contributed by atoms with van der Waals surface area (Å²) in [6.45, 7) is -0.217. The molecule has 3 aromatic rings. The van der Waals surface area contributed by atoms with E-state index in [1.165, 1.54) is 26.4 Å². The van der Waals surface area contributed by atoms with Crippen LogP contribution in [-0.4, -0.2) is 32.8 Å². The summed E-state index contributed by atoms with van der Waals surface area (Å²) in [4.78, 5) is 4.10. The van der Waals surface area contributed by atoms with Crippen LogP contribution in [0.3, 0.4) is 0 Å². The highest BCUT2D eigenvalue weighted by Gasteiger charge is 2.18. The number of halogens is 1. The van der Waals surface area contributed by atoms with Gasteiger partial charge in [-0.1, -0.05) is 5.16 Å². The molecule has 0 radical (unpaired) electrons. The summed E-state index contributed by atoms with van der Waals surface area (Å²) in [5.41, 5.74) is 0.565. The minimum Gasteiger partial charge on any atom is -0.497 e. The molecule has 8 nitrogen and oxygen atoms in total. The van der Waals surface area contributed by atoms with Gasteiger partial charge >= 0.3 is 0 Å². The van der Waals surface area contributed by atoms with Crippen LogP contribution in [0.5, 0.6) is 11.5 Å². The van der Waals surface area contributed by atoms with E-state index in [9.17, 15) is 12.8 Å². The number of sulfonamides is 1. The molecule has 1 aromatic heterocycles. The molecule has 2 aromatic carbocycles. The Bertz CT molecular complexity index is 1030. The van der Waals surface area contributed by atoms with Crippen LogP contribution in [0.1, 0.15) is 5.89 Å². The van der Waals surface area contributed by atoms with Crippen molar-refractivity contribution < 1.29 is 26.8 Å². The van der Waals surface area contributed by atoms with E-state index < -0.39 is 15.8 Å². The lowest BCUT2D eigenvalue weighted by atomic mass is 10.2. The zero-order valence-corrected chi connectivity index (χ0v) is 15.3. The number of nitrogens with zero attached hydrogens (tertiary/aromatic N) is 2. The number of hydrogen-bond acceptors (Lipinski definition) is 7. The first-order valence-electron chi connectivity index (χ1n) is 7.73. The van der Waals surface area contributed by atoms with E-state index in [0.29, 0.717) is 17.1 Å². The van der Waals surface area contributed by atoms with Crippen molar-refractivity contribution in [3.8, 4) is 22.9 Å². The lowest BCUT2D eigenvalue weighted by molar-refractivity contribution is 0.374. The van der Waals surface area contributed by atoms with E-state index >= 15 is 0 Å². The summed E-state index contributed by atoms with van der Waals surface area (Å²) in [6.07, 6.45) is 0. The summed E-state index contributed by atoms with van der Waals surface area (Å²) >= 11 is 0. The number of rotatable bonds is 7. The molecule has 0 amide bonds. The molecule has 1 heterocycles. The van der Waals surface area contributed by atoms with Gasteiger partial charge in [0.2, 0.25) is 21.7 Å². The predicted octanol–water partition coefficient (Wildman–Crippen LogP) is 2.37. The average Bonchev–Trinajstić information content (AvgIpc) is 3.15. The lowest BCUT2D eigenvalue weighted by Crippen LogP contribution is -2.23. The zero-order valence-electron chi connectivity index (χ0n) is 14.5. The molecule has 27 heavy (non-hydrogen) atoms. The van der Waals surface area contributed by atoms with Crippen molar-refractivity contribution in [2.45, 2.75) is 11.4 Å². The largest absolute Gasteiger partial charge is 0.497 e. The van der Waals surface area contributed by atoms with Gasteiger partial charge in [-0.25, -0.2) is 17.5 Å². The van der Waals surface area contributed by atoms with Crippen LogP contribution in [0.15, 0.2) is 51.9 Å². The molecular formula is C17H16FN3O5S. The number of hydrogen-bond donors (Lipinski definition) is 1. The molecule has 0 saturated carbocycles. The predicted molar refractivity (Wildman–Crippen MR) is 93.3 cm³/mol. The number of methoxy groups -OCH3 is 2. The maximum Gasteiger partial charge on any atom is 0.242 e. The standard InChI is InChI=1S/C17H16FN3O5S/c1-24-12-5-8-14(15(9-12)25-2)17-20-16(26-21-17)10-19-27(22,23)13-6-3-11(18)4-7-13/h3-9,19H,10H2,1-2H3. The fraction of sp³-hybridized carbons (Fsp3) is 0.176. The third kappa shape index (κ3) is 4.23. The Labute approximate surface area is 155 Å². The maximum absolute atomic E-state index is 12.9. The molecule has 0 saturated heterocycles. The SMILES string of the molecule is COc1ccc(-c2noc(CNS(=O)(=O)c3ccc(F)cc3)n2)c(OC)c1. The minimum absolute atomic E-state index is 0.0635. The molecule has 0 atom stereocenters. The Hall–Kier alpha value is -2.98. The normalized spacial score (nSPS) is 11.4. The van der Waals surface area contributed by atoms with E-state index in [1.807, 2.05) is 0 Å². The molecule has 0 aliphatic heterocycles. The van der Waals surface area contributed by atoms with Gasteiger partial charge in [-0.2, -0.15) is 4.98 Å². The average molecular weight is 393 g/mol. The second kappa shape index (κ2) is 7.72. The minimum atomic E-state index is -3.84. The maximum atomic E-state index is 12.9.